The van der Waals surface area contributed by atoms with E-state index in [9.17, 15) is 4.79 Å². The molecule has 1 fully saturated rings. The van der Waals surface area contributed by atoms with Gasteiger partial charge in [-0.15, -0.1) is 0 Å². The lowest BCUT2D eigenvalue weighted by molar-refractivity contribution is 0.152. The lowest BCUT2D eigenvalue weighted by Gasteiger charge is -2.38. The number of pyridine rings is 1. The van der Waals surface area contributed by atoms with E-state index in [0.717, 1.165) is 23.7 Å². The molecule has 0 atom stereocenters. The van der Waals surface area contributed by atoms with Gasteiger partial charge in [-0.3, -0.25) is 24.2 Å². The summed E-state index contributed by atoms with van der Waals surface area (Å²) in [6.07, 6.45) is 8.13. The van der Waals surface area contributed by atoms with E-state index in [4.69, 9.17) is 12.2 Å². The zero-order valence-corrected chi connectivity index (χ0v) is 15.0. The van der Waals surface area contributed by atoms with Crippen LogP contribution >= 0.6 is 12.2 Å². The maximum Gasteiger partial charge on any atom is 0.258 e. The molecule has 0 aromatic carbocycles. The van der Waals surface area contributed by atoms with Crippen LogP contribution in [-0.2, 0) is 13.1 Å². The molecule has 0 bridgehead atoms. The van der Waals surface area contributed by atoms with Gasteiger partial charge in [0.2, 0.25) is 0 Å². The smallest absolute Gasteiger partial charge is 0.258 e. The van der Waals surface area contributed by atoms with E-state index in [2.05, 4.69) is 20.2 Å². The number of aromatic nitrogens is 3. The van der Waals surface area contributed by atoms with Gasteiger partial charge in [0.15, 0.2) is 4.77 Å². The van der Waals surface area contributed by atoms with Gasteiger partial charge in [-0.25, -0.2) is 0 Å². The first kappa shape index (κ1) is 16.5. The van der Waals surface area contributed by atoms with E-state index < -0.39 is 0 Å². The first-order chi connectivity index (χ1) is 12.2. The van der Waals surface area contributed by atoms with Crippen molar-refractivity contribution in [3.63, 3.8) is 0 Å². The van der Waals surface area contributed by atoms with Crippen LogP contribution < -0.4 is 10.9 Å². The molecule has 2 N–H and O–H groups in total. The number of aromatic amines is 1. The van der Waals surface area contributed by atoms with Gasteiger partial charge in [0, 0.05) is 18.8 Å². The van der Waals surface area contributed by atoms with E-state index in [1.54, 1.807) is 6.20 Å². The van der Waals surface area contributed by atoms with E-state index in [1.165, 1.54) is 32.1 Å². The van der Waals surface area contributed by atoms with Crippen LogP contribution in [0.25, 0.3) is 0 Å². The van der Waals surface area contributed by atoms with Crippen molar-refractivity contribution in [3.8, 4) is 0 Å². The Morgan fingerprint density at radius 2 is 2.08 bits per heavy atom. The van der Waals surface area contributed by atoms with E-state index in [1.807, 2.05) is 22.8 Å². The van der Waals surface area contributed by atoms with Crippen molar-refractivity contribution in [2.75, 3.05) is 12.0 Å². The second-order valence-electron chi connectivity index (χ2n) is 6.87. The third-order valence-corrected chi connectivity index (χ3v) is 5.57. The second kappa shape index (κ2) is 7.09. The topological polar surface area (TPSA) is 66.0 Å². The lowest BCUT2D eigenvalue weighted by Crippen LogP contribution is -2.45. The van der Waals surface area contributed by atoms with Gasteiger partial charge in [-0.1, -0.05) is 25.3 Å². The van der Waals surface area contributed by atoms with Crippen LogP contribution in [0.5, 0.6) is 0 Å². The molecule has 7 heteroatoms. The average molecular weight is 357 g/mol. The summed E-state index contributed by atoms with van der Waals surface area (Å²) in [5.74, 6) is 0.839. The number of anilines is 1. The standard InChI is InChI=1S/C18H23N5OS/c24-17-15-11-22(14-7-2-1-3-8-14)12-20-16(15)23(18(25)21-17)10-13-6-4-5-9-19-13/h4-6,9,14,20H,1-3,7-8,10-12H2,(H,21,24,25). The van der Waals surface area contributed by atoms with E-state index in [-0.39, 0.29) is 5.56 Å². The van der Waals surface area contributed by atoms with Crippen LogP contribution in [0.3, 0.4) is 0 Å². The highest BCUT2D eigenvalue weighted by molar-refractivity contribution is 7.71. The summed E-state index contributed by atoms with van der Waals surface area (Å²) in [4.78, 5) is 22.1. The van der Waals surface area contributed by atoms with Crippen molar-refractivity contribution in [1.29, 1.82) is 0 Å². The maximum atomic E-state index is 12.5. The zero-order valence-electron chi connectivity index (χ0n) is 14.2. The minimum atomic E-state index is -0.0784. The summed E-state index contributed by atoms with van der Waals surface area (Å²) in [7, 11) is 0. The van der Waals surface area contributed by atoms with E-state index in [0.29, 0.717) is 23.9 Å². The van der Waals surface area contributed by atoms with Gasteiger partial charge in [0.25, 0.3) is 5.56 Å². The quantitative estimate of drug-likeness (QED) is 0.827. The Morgan fingerprint density at radius 1 is 1.24 bits per heavy atom. The molecular formula is C18H23N5OS. The number of fused-ring (bicyclic) bond motifs is 1. The third-order valence-electron chi connectivity index (χ3n) is 5.24. The Morgan fingerprint density at radius 3 is 2.84 bits per heavy atom. The van der Waals surface area contributed by atoms with Crippen LogP contribution in [0.4, 0.5) is 5.82 Å². The van der Waals surface area contributed by atoms with Crippen molar-refractivity contribution in [2.24, 2.45) is 0 Å². The molecule has 0 saturated heterocycles. The molecule has 3 heterocycles. The Balaban J connectivity index is 1.65. The van der Waals surface area contributed by atoms with Crippen LogP contribution in [-0.4, -0.2) is 32.1 Å². The highest BCUT2D eigenvalue weighted by atomic mass is 32.1. The SMILES string of the molecule is O=c1[nH]c(=S)n(Cc2ccccn2)c2c1CN(C1CCCCC1)CN2. The van der Waals surface area contributed by atoms with Crippen molar-refractivity contribution in [2.45, 2.75) is 51.2 Å². The third kappa shape index (κ3) is 3.39. The number of hydrogen-bond donors (Lipinski definition) is 2. The van der Waals surface area contributed by atoms with Gasteiger partial charge in [-0.05, 0) is 37.2 Å². The summed E-state index contributed by atoms with van der Waals surface area (Å²) in [5.41, 5.74) is 1.62. The first-order valence-corrected chi connectivity index (χ1v) is 9.37. The number of hydrogen-bond acceptors (Lipinski definition) is 5. The van der Waals surface area contributed by atoms with Crippen LogP contribution in [0.2, 0.25) is 0 Å². The first-order valence-electron chi connectivity index (χ1n) is 8.96. The molecule has 2 aliphatic rings. The average Bonchev–Trinajstić information content (AvgIpc) is 2.66. The Kier molecular flexibility index (Phi) is 4.67. The van der Waals surface area contributed by atoms with Gasteiger partial charge < -0.3 is 5.32 Å². The Labute approximate surface area is 151 Å². The lowest BCUT2D eigenvalue weighted by atomic mass is 9.94. The molecule has 0 unspecified atom stereocenters. The maximum absolute atomic E-state index is 12.5. The number of H-pyrrole nitrogens is 1. The van der Waals surface area contributed by atoms with Gasteiger partial charge in [-0.2, -0.15) is 0 Å². The van der Waals surface area contributed by atoms with Crippen LogP contribution in [0, 0.1) is 4.77 Å². The highest BCUT2D eigenvalue weighted by Crippen LogP contribution is 2.27. The van der Waals surface area contributed by atoms with Gasteiger partial charge >= 0.3 is 0 Å². The fourth-order valence-corrected chi connectivity index (χ4v) is 4.15. The fraction of sp³-hybridized carbons (Fsp3) is 0.500. The molecule has 0 amide bonds. The molecule has 1 aliphatic carbocycles. The van der Waals surface area contributed by atoms with Crippen molar-refractivity contribution in [1.82, 2.24) is 19.4 Å². The summed E-state index contributed by atoms with van der Waals surface area (Å²) in [5, 5.41) is 3.45. The Hall–Kier alpha value is -1.99. The second-order valence-corrected chi connectivity index (χ2v) is 7.25. The molecule has 0 radical (unpaired) electrons. The monoisotopic (exact) mass is 357 g/mol. The van der Waals surface area contributed by atoms with Gasteiger partial charge in [0.1, 0.15) is 5.82 Å². The van der Waals surface area contributed by atoms with E-state index >= 15 is 0 Å². The van der Waals surface area contributed by atoms with Crippen molar-refractivity contribution < 1.29 is 0 Å². The van der Waals surface area contributed by atoms with Crippen LogP contribution in [0.1, 0.15) is 43.4 Å². The molecule has 132 valence electrons. The zero-order chi connectivity index (χ0) is 17.2. The fourth-order valence-electron chi connectivity index (χ4n) is 3.91. The van der Waals surface area contributed by atoms with Crippen molar-refractivity contribution in [3.05, 3.63) is 50.8 Å². The number of rotatable bonds is 3. The molecule has 2 aromatic heterocycles. The summed E-state index contributed by atoms with van der Waals surface area (Å²) >= 11 is 5.40. The van der Waals surface area contributed by atoms with Crippen molar-refractivity contribution >= 4 is 18.0 Å². The molecule has 25 heavy (non-hydrogen) atoms. The summed E-state index contributed by atoms with van der Waals surface area (Å²) < 4.78 is 2.39. The molecule has 2 aromatic rings. The molecule has 0 spiro atoms. The Bertz CT molecular complexity index is 854. The molecule has 1 aliphatic heterocycles. The predicted molar refractivity (Wildman–Crippen MR) is 100 cm³/mol. The summed E-state index contributed by atoms with van der Waals surface area (Å²) in [6.45, 7) is 1.99. The predicted octanol–water partition coefficient (Wildman–Crippen LogP) is 2.87. The summed E-state index contributed by atoms with van der Waals surface area (Å²) in [6, 6.07) is 6.39. The number of nitrogens with one attached hydrogen (secondary N) is 2. The van der Waals surface area contributed by atoms with Crippen LogP contribution in [0.15, 0.2) is 29.2 Å². The minimum Gasteiger partial charge on any atom is -0.358 e. The molecule has 4 rings (SSSR count). The molecule has 1 saturated carbocycles. The largest absolute Gasteiger partial charge is 0.358 e. The normalized spacial score (nSPS) is 18.6. The van der Waals surface area contributed by atoms with Gasteiger partial charge in [0.05, 0.1) is 24.5 Å². The minimum absolute atomic E-state index is 0.0784. The number of nitrogens with zero attached hydrogens (tertiary/aromatic N) is 3. The highest BCUT2D eigenvalue weighted by Gasteiger charge is 2.27. The molecule has 6 nitrogen and oxygen atoms in total. The molecular weight excluding hydrogens is 334 g/mol.